The second kappa shape index (κ2) is 38.2. The van der Waals surface area contributed by atoms with Crippen LogP contribution in [0.25, 0.3) is 0 Å². The lowest BCUT2D eigenvalue weighted by atomic mass is 9.79. The minimum absolute atomic E-state index is 1.07. The van der Waals surface area contributed by atoms with Gasteiger partial charge in [0.25, 0.3) is 0 Å². The van der Waals surface area contributed by atoms with Gasteiger partial charge >= 0.3 is 0 Å². The molecule has 264 valence electrons. The van der Waals surface area contributed by atoms with E-state index in [2.05, 4.69) is 41.5 Å². The van der Waals surface area contributed by atoms with Crippen molar-refractivity contribution >= 4 is 0 Å². The summed E-state index contributed by atoms with van der Waals surface area (Å²) in [4.78, 5) is 0. The summed E-state index contributed by atoms with van der Waals surface area (Å²) in [6, 6.07) is 0. The average molecular weight is 609 g/mol. The quantitative estimate of drug-likeness (QED) is 0.182. The molecule has 0 heteroatoms. The van der Waals surface area contributed by atoms with Gasteiger partial charge in [-0.15, -0.1) is 0 Å². The van der Waals surface area contributed by atoms with Crippen molar-refractivity contribution < 1.29 is 0 Å². The van der Waals surface area contributed by atoms with Crippen LogP contribution in [0, 0.1) is 35.5 Å². The molecule has 0 aromatic rings. The molecule has 0 unspecified atom stereocenters. The molecule has 0 aromatic heterocycles. The Hall–Kier alpha value is 0. The molecule has 3 aliphatic carbocycles. The van der Waals surface area contributed by atoms with E-state index in [1.165, 1.54) is 161 Å². The van der Waals surface area contributed by atoms with Gasteiger partial charge in [0.1, 0.15) is 0 Å². The Morgan fingerprint density at radius 1 is 0.279 bits per heavy atom. The number of hydrogen-bond donors (Lipinski definition) is 0. The van der Waals surface area contributed by atoms with E-state index in [0.717, 1.165) is 35.5 Å². The predicted octanol–water partition coefficient (Wildman–Crippen LogP) is 16.6. The van der Waals surface area contributed by atoms with Gasteiger partial charge in [-0.3, -0.25) is 0 Å². The largest absolute Gasteiger partial charge is 0.0683 e. The highest BCUT2D eigenvalue weighted by atomic mass is 14.3. The number of hydrogen-bond acceptors (Lipinski definition) is 0. The highest BCUT2D eigenvalue weighted by Crippen LogP contribution is 2.34. The fourth-order valence-corrected chi connectivity index (χ4v) is 7.45. The molecular formula is C43H92. The highest BCUT2D eigenvalue weighted by Gasteiger charge is 2.20. The molecule has 0 aliphatic heterocycles. The molecule has 0 radical (unpaired) electrons. The number of unbranched alkanes of at least 4 members (excludes halogenated alkanes) is 5. The Labute approximate surface area is 278 Å². The predicted molar refractivity (Wildman–Crippen MR) is 204 cm³/mol. The molecule has 3 fully saturated rings. The normalized spacial score (nSPS) is 26.2. The van der Waals surface area contributed by atoms with Crippen molar-refractivity contribution in [3.05, 3.63) is 0 Å². The van der Waals surface area contributed by atoms with Crippen molar-refractivity contribution in [1.82, 2.24) is 0 Å². The molecule has 0 N–H and O–H groups in total. The third-order valence-electron chi connectivity index (χ3n) is 10.9. The lowest BCUT2D eigenvalue weighted by Crippen LogP contribution is -2.13. The minimum atomic E-state index is 1.07. The van der Waals surface area contributed by atoms with E-state index in [-0.39, 0.29) is 0 Å². The van der Waals surface area contributed by atoms with E-state index in [1.807, 2.05) is 41.5 Å². The molecule has 3 aliphatic rings. The van der Waals surface area contributed by atoms with Crippen molar-refractivity contribution in [2.45, 2.75) is 244 Å². The summed E-state index contributed by atoms with van der Waals surface area (Å²) in [6.07, 6.45) is 37.1. The Morgan fingerprint density at radius 3 is 0.721 bits per heavy atom. The van der Waals surface area contributed by atoms with Crippen LogP contribution in [-0.2, 0) is 0 Å². The van der Waals surface area contributed by atoms with Crippen LogP contribution >= 0.6 is 0 Å². The first-order valence-electron chi connectivity index (χ1n) is 21.1. The molecule has 0 nitrogen and oxygen atoms in total. The van der Waals surface area contributed by atoms with Crippen LogP contribution in [0.3, 0.4) is 0 Å². The molecule has 0 bridgehead atoms. The van der Waals surface area contributed by atoms with Crippen molar-refractivity contribution in [3.63, 3.8) is 0 Å². The summed E-state index contributed by atoms with van der Waals surface area (Å²) in [5, 5.41) is 0. The van der Waals surface area contributed by atoms with Gasteiger partial charge in [-0.2, -0.15) is 0 Å². The molecule has 0 saturated heterocycles. The van der Waals surface area contributed by atoms with Gasteiger partial charge in [0.2, 0.25) is 0 Å². The fourth-order valence-electron chi connectivity index (χ4n) is 7.45. The molecule has 0 spiro atoms. The topological polar surface area (TPSA) is 0 Å². The monoisotopic (exact) mass is 609 g/mol. The van der Waals surface area contributed by atoms with Gasteiger partial charge in [0, 0.05) is 0 Å². The first-order valence-corrected chi connectivity index (χ1v) is 21.1. The lowest BCUT2D eigenvalue weighted by Gasteiger charge is -2.27. The molecular weight excluding hydrogens is 516 g/mol. The Kier molecular flexibility index (Phi) is 42.1. The summed E-state index contributed by atoms with van der Waals surface area (Å²) in [5.74, 6) is 6.47. The zero-order valence-corrected chi connectivity index (χ0v) is 33.1. The summed E-state index contributed by atoms with van der Waals surface area (Å²) in [6.45, 7) is 26.0. The molecule has 0 aromatic carbocycles. The van der Waals surface area contributed by atoms with Crippen LogP contribution in [-0.4, -0.2) is 0 Å². The van der Waals surface area contributed by atoms with E-state index in [9.17, 15) is 0 Å². The summed E-state index contributed by atoms with van der Waals surface area (Å²) in [7, 11) is 0. The highest BCUT2D eigenvalue weighted by molar-refractivity contribution is 4.73. The van der Waals surface area contributed by atoms with Crippen LogP contribution in [0.5, 0.6) is 0 Å². The lowest BCUT2D eigenvalue weighted by molar-refractivity contribution is 0.254. The zero-order valence-electron chi connectivity index (χ0n) is 33.1. The maximum atomic E-state index is 2.35. The summed E-state index contributed by atoms with van der Waals surface area (Å²) in [5.41, 5.74) is 0. The van der Waals surface area contributed by atoms with Gasteiger partial charge in [-0.1, -0.05) is 244 Å². The van der Waals surface area contributed by atoms with Gasteiger partial charge < -0.3 is 0 Å². The second-order valence-electron chi connectivity index (χ2n) is 13.6. The fraction of sp³-hybridized carbons (Fsp3) is 1.00. The van der Waals surface area contributed by atoms with E-state index in [1.54, 1.807) is 0 Å². The van der Waals surface area contributed by atoms with Gasteiger partial charge in [-0.25, -0.2) is 0 Å². The Balaban J connectivity index is -0.000000517. The smallest absolute Gasteiger partial charge is 0.0414 e. The third kappa shape index (κ3) is 28.0. The van der Waals surface area contributed by atoms with E-state index < -0.39 is 0 Å². The van der Waals surface area contributed by atoms with Crippen LogP contribution in [0.15, 0.2) is 0 Å². The van der Waals surface area contributed by atoms with E-state index >= 15 is 0 Å². The SMILES string of the molecule is CC.CC.CC.CCC1CCC(CC)CC1.CCCCCC1CCC(CC)CC1.CCCCCCC1CCC(CC)CC1. The van der Waals surface area contributed by atoms with Crippen LogP contribution in [0.2, 0.25) is 0 Å². The molecule has 3 saturated carbocycles. The minimum Gasteiger partial charge on any atom is -0.0683 e. The van der Waals surface area contributed by atoms with Crippen molar-refractivity contribution in [2.24, 2.45) is 35.5 Å². The zero-order chi connectivity index (χ0) is 33.1. The number of rotatable bonds is 13. The van der Waals surface area contributed by atoms with Crippen LogP contribution < -0.4 is 0 Å². The summed E-state index contributed by atoms with van der Waals surface area (Å²) >= 11 is 0. The van der Waals surface area contributed by atoms with Crippen LogP contribution in [0.1, 0.15) is 244 Å². The molecule has 0 amide bonds. The van der Waals surface area contributed by atoms with E-state index in [4.69, 9.17) is 0 Å². The second-order valence-corrected chi connectivity index (χ2v) is 13.6. The first kappa shape index (κ1) is 47.4. The standard InChI is InChI=1S/C14H28.C13H26.C10H20.3C2H6/c1-3-5-6-7-8-14-11-9-13(4-2)10-12-14;1-3-5-6-7-13-10-8-12(4-2)9-11-13;1-3-9-5-7-10(4-2)8-6-9;3*1-2/h13-14H,3-12H2,1-2H3;12-13H,3-11H2,1-2H3;9-10H,3-8H2,1-2H3;3*1-2H3. The van der Waals surface area contributed by atoms with Gasteiger partial charge in [0.05, 0.1) is 0 Å². The molecule has 0 atom stereocenters. The molecule has 43 heavy (non-hydrogen) atoms. The third-order valence-corrected chi connectivity index (χ3v) is 10.9. The average Bonchev–Trinajstić information content (AvgIpc) is 3.10. The first-order chi connectivity index (χ1) is 21.1. The Bertz CT molecular complexity index is 428. The van der Waals surface area contributed by atoms with Crippen molar-refractivity contribution in [2.75, 3.05) is 0 Å². The van der Waals surface area contributed by atoms with Crippen molar-refractivity contribution in [1.29, 1.82) is 0 Å². The van der Waals surface area contributed by atoms with Crippen molar-refractivity contribution in [3.8, 4) is 0 Å². The van der Waals surface area contributed by atoms with Crippen LogP contribution in [0.4, 0.5) is 0 Å². The summed E-state index contributed by atoms with van der Waals surface area (Å²) < 4.78 is 0. The molecule has 0 heterocycles. The molecule has 3 rings (SSSR count). The van der Waals surface area contributed by atoms with E-state index in [0.29, 0.717) is 0 Å². The van der Waals surface area contributed by atoms with Gasteiger partial charge in [0.15, 0.2) is 0 Å². The maximum absolute atomic E-state index is 2.35. The Morgan fingerprint density at radius 2 is 0.488 bits per heavy atom. The van der Waals surface area contributed by atoms with Gasteiger partial charge in [-0.05, 0) is 35.5 Å². The maximum Gasteiger partial charge on any atom is -0.0414 e.